The third-order valence-corrected chi connectivity index (χ3v) is 5.16. The van der Waals surface area contributed by atoms with E-state index in [1.54, 1.807) is 18.3 Å². The number of carbonyl (C=O) groups excluding carboxylic acids is 1. The topological polar surface area (TPSA) is 46.4 Å². The van der Waals surface area contributed by atoms with Gasteiger partial charge < -0.3 is 4.57 Å². The maximum absolute atomic E-state index is 12.3. The second-order valence-electron chi connectivity index (χ2n) is 6.78. The lowest BCUT2D eigenvalue weighted by molar-refractivity contribution is 0.0955. The van der Waals surface area contributed by atoms with Gasteiger partial charge in [-0.2, -0.15) is 5.10 Å². The van der Waals surface area contributed by atoms with Crippen LogP contribution in [-0.4, -0.2) is 16.7 Å². The van der Waals surface area contributed by atoms with E-state index < -0.39 is 0 Å². The van der Waals surface area contributed by atoms with Crippen molar-refractivity contribution in [1.82, 2.24) is 9.99 Å². The molecule has 0 bridgehead atoms. The van der Waals surface area contributed by atoms with Crippen molar-refractivity contribution in [2.24, 2.45) is 5.10 Å². The molecule has 0 fully saturated rings. The fraction of sp³-hybridized carbons (Fsp3) is 0.182. The van der Waals surface area contributed by atoms with Gasteiger partial charge in [-0.3, -0.25) is 4.79 Å². The highest BCUT2D eigenvalue weighted by Crippen LogP contribution is 2.23. The largest absolute Gasteiger partial charge is 0.318 e. The Morgan fingerprint density at radius 1 is 1.04 bits per heavy atom. The Hall–Kier alpha value is -2.56. The normalized spacial score (nSPS) is 11.2. The van der Waals surface area contributed by atoms with E-state index in [4.69, 9.17) is 23.2 Å². The third kappa shape index (κ3) is 4.13. The summed E-state index contributed by atoms with van der Waals surface area (Å²) >= 11 is 11.9. The Labute approximate surface area is 174 Å². The molecule has 4 nitrogen and oxygen atoms in total. The van der Waals surface area contributed by atoms with Crippen molar-refractivity contribution in [2.45, 2.75) is 27.7 Å². The van der Waals surface area contributed by atoms with Crippen molar-refractivity contribution in [2.75, 3.05) is 0 Å². The van der Waals surface area contributed by atoms with Gasteiger partial charge in [0.05, 0.1) is 16.8 Å². The van der Waals surface area contributed by atoms with Crippen LogP contribution in [0.2, 0.25) is 10.0 Å². The van der Waals surface area contributed by atoms with Gasteiger partial charge in [-0.25, -0.2) is 5.43 Å². The van der Waals surface area contributed by atoms with E-state index >= 15 is 0 Å². The molecule has 1 amide bonds. The van der Waals surface area contributed by atoms with Crippen molar-refractivity contribution in [3.05, 3.63) is 86.2 Å². The molecule has 0 saturated heterocycles. The van der Waals surface area contributed by atoms with Crippen LogP contribution in [0.5, 0.6) is 0 Å². The summed E-state index contributed by atoms with van der Waals surface area (Å²) in [5, 5.41) is 4.86. The highest BCUT2D eigenvalue weighted by Gasteiger charge is 2.12. The lowest BCUT2D eigenvalue weighted by Gasteiger charge is -2.13. The molecule has 1 N–H and O–H groups in total. The van der Waals surface area contributed by atoms with E-state index in [1.165, 1.54) is 17.2 Å². The third-order valence-electron chi connectivity index (χ3n) is 4.61. The van der Waals surface area contributed by atoms with Gasteiger partial charge in [-0.15, -0.1) is 0 Å². The number of halogens is 2. The number of benzene rings is 2. The van der Waals surface area contributed by atoms with Gasteiger partial charge in [0.15, 0.2) is 0 Å². The number of hydrogen-bond donors (Lipinski definition) is 1. The Bertz CT molecular complexity index is 1080. The summed E-state index contributed by atoms with van der Waals surface area (Å²) in [5.74, 6) is -0.388. The van der Waals surface area contributed by atoms with Crippen LogP contribution in [0.4, 0.5) is 0 Å². The summed E-state index contributed by atoms with van der Waals surface area (Å²) in [6, 6.07) is 13.1. The fourth-order valence-corrected chi connectivity index (χ4v) is 3.73. The van der Waals surface area contributed by atoms with Crippen molar-refractivity contribution >= 4 is 35.3 Å². The second-order valence-corrected chi connectivity index (χ2v) is 7.62. The van der Waals surface area contributed by atoms with E-state index in [0.29, 0.717) is 10.6 Å². The molecule has 6 heteroatoms. The number of hydrazone groups is 1. The molecule has 0 aliphatic heterocycles. The van der Waals surface area contributed by atoms with Crippen LogP contribution in [0.15, 0.2) is 47.6 Å². The molecule has 0 radical (unpaired) electrons. The zero-order valence-electron chi connectivity index (χ0n) is 16.2. The first-order chi connectivity index (χ1) is 13.3. The number of nitrogens with zero attached hydrogens (tertiary/aromatic N) is 2. The summed E-state index contributed by atoms with van der Waals surface area (Å²) in [4.78, 5) is 12.3. The molecule has 0 aliphatic rings. The highest BCUT2D eigenvalue weighted by molar-refractivity contribution is 6.36. The maximum atomic E-state index is 12.3. The van der Waals surface area contributed by atoms with E-state index in [9.17, 15) is 4.79 Å². The quantitative estimate of drug-likeness (QED) is 0.427. The lowest BCUT2D eigenvalue weighted by Crippen LogP contribution is -2.18. The SMILES string of the molecule is Cc1ccc(-n2c(C)cc(/C=N\NC(=O)c3ccc(Cl)cc3Cl)c2C)c(C)c1. The molecule has 3 aromatic rings. The van der Waals surface area contributed by atoms with Crippen LogP contribution in [0.25, 0.3) is 5.69 Å². The maximum Gasteiger partial charge on any atom is 0.272 e. The monoisotopic (exact) mass is 413 g/mol. The Morgan fingerprint density at radius 3 is 2.46 bits per heavy atom. The molecule has 0 saturated carbocycles. The van der Waals surface area contributed by atoms with E-state index in [2.05, 4.69) is 54.1 Å². The summed E-state index contributed by atoms with van der Waals surface area (Å²) in [7, 11) is 0. The standard InChI is InChI=1S/C22H21Cl2N3O/c1-13-5-8-21(14(2)9-13)27-15(3)10-17(16(27)4)12-25-26-22(28)19-7-6-18(23)11-20(19)24/h5-12H,1-4H3,(H,26,28)/b25-12-. The van der Waals surface area contributed by atoms with Gasteiger partial charge in [-0.05, 0) is 63.6 Å². The molecule has 2 aromatic carbocycles. The number of amides is 1. The average molecular weight is 414 g/mol. The van der Waals surface area contributed by atoms with Crippen molar-refractivity contribution in [3.63, 3.8) is 0 Å². The second kappa shape index (κ2) is 8.21. The zero-order valence-corrected chi connectivity index (χ0v) is 17.7. The molecule has 0 unspecified atom stereocenters. The number of aromatic nitrogens is 1. The first-order valence-corrected chi connectivity index (χ1v) is 9.58. The van der Waals surface area contributed by atoms with Crippen molar-refractivity contribution < 1.29 is 4.79 Å². The van der Waals surface area contributed by atoms with E-state index in [0.717, 1.165) is 22.6 Å². The van der Waals surface area contributed by atoms with Crippen LogP contribution in [-0.2, 0) is 0 Å². The Kier molecular flexibility index (Phi) is 5.92. The molecular weight excluding hydrogens is 393 g/mol. The Balaban J connectivity index is 1.82. The van der Waals surface area contributed by atoms with Crippen LogP contribution in [0.1, 0.15) is 38.4 Å². The summed E-state index contributed by atoms with van der Waals surface area (Å²) in [6.45, 7) is 8.27. The number of aryl methyl sites for hydroxylation is 3. The summed E-state index contributed by atoms with van der Waals surface area (Å²) < 4.78 is 2.19. The summed E-state index contributed by atoms with van der Waals surface area (Å²) in [5.41, 5.74) is 9.48. The van der Waals surface area contributed by atoms with Crippen LogP contribution >= 0.6 is 23.2 Å². The number of hydrogen-bond acceptors (Lipinski definition) is 2. The number of nitrogens with one attached hydrogen (secondary N) is 1. The molecule has 0 atom stereocenters. The van der Waals surface area contributed by atoms with Crippen molar-refractivity contribution in [3.8, 4) is 5.69 Å². The zero-order chi connectivity index (χ0) is 20.4. The smallest absolute Gasteiger partial charge is 0.272 e. The lowest BCUT2D eigenvalue weighted by atomic mass is 10.1. The minimum Gasteiger partial charge on any atom is -0.318 e. The van der Waals surface area contributed by atoms with Gasteiger partial charge in [0.25, 0.3) is 5.91 Å². The average Bonchev–Trinajstić information content (AvgIpc) is 2.89. The summed E-state index contributed by atoms with van der Waals surface area (Å²) in [6.07, 6.45) is 1.64. The fourth-order valence-electron chi connectivity index (χ4n) is 3.24. The van der Waals surface area contributed by atoms with Gasteiger partial charge in [-0.1, -0.05) is 40.9 Å². The molecule has 1 aromatic heterocycles. The molecular formula is C22H21Cl2N3O. The molecule has 0 aliphatic carbocycles. The van der Waals surface area contributed by atoms with Gasteiger partial charge in [0.1, 0.15) is 0 Å². The predicted molar refractivity (Wildman–Crippen MR) is 116 cm³/mol. The first-order valence-electron chi connectivity index (χ1n) is 8.83. The van der Waals surface area contributed by atoms with E-state index in [-0.39, 0.29) is 10.9 Å². The number of rotatable bonds is 4. The minimum absolute atomic E-state index is 0.285. The predicted octanol–water partition coefficient (Wildman–Crippen LogP) is 5.78. The molecule has 28 heavy (non-hydrogen) atoms. The Morgan fingerprint density at radius 2 is 1.79 bits per heavy atom. The van der Waals surface area contributed by atoms with Gasteiger partial charge >= 0.3 is 0 Å². The van der Waals surface area contributed by atoms with Gasteiger partial charge in [0, 0.05) is 27.7 Å². The van der Waals surface area contributed by atoms with Crippen LogP contribution in [0, 0.1) is 27.7 Å². The minimum atomic E-state index is -0.388. The number of carbonyl (C=O) groups is 1. The molecule has 144 valence electrons. The first kappa shape index (κ1) is 20.2. The molecule has 0 spiro atoms. The van der Waals surface area contributed by atoms with Gasteiger partial charge in [0.2, 0.25) is 0 Å². The molecule has 3 rings (SSSR count). The van der Waals surface area contributed by atoms with Crippen molar-refractivity contribution in [1.29, 1.82) is 0 Å². The highest BCUT2D eigenvalue weighted by atomic mass is 35.5. The molecule has 1 heterocycles. The van der Waals surface area contributed by atoms with Crippen LogP contribution in [0.3, 0.4) is 0 Å². The van der Waals surface area contributed by atoms with E-state index in [1.807, 2.05) is 13.0 Å². The van der Waals surface area contributed by atoms with Crippen LogP contribution < -0.4 is 5.43 Å².